The molecule has 0 unspecified atom stereocenters. The molecule has 0 fully saturated rings. The van der Waals surface area contributed by atoms with E-state index in [2.05, 4.69) is 8.37 Å². The van der Waals surface area contributed by atoms with Gasteiger partial charge in [0, 0.05) is 34.0 Å². The van der Waals surface area contributed by atoms with Crippen LogP contribution in [0.15, 0.2) is 36.4 Å². The molecule has 4 N–H and O–H groups in total. The van der Waals surface area contributed by atoms with Crippen molar-refractivity contribution in [2.24, 2.45) is 0 Å². The largest absolute Gasteiger partial charge is 0.446 e. The van der Waals surface area contributed by atoms with E-state index in [0.717, 1.165) is 6.07 Å². The van der Waals surface area contributed by atoms with Gasteiger partial charge in [0.2, 0.25) is 0 Å². The van der Waals surface area contributed by atoms with Crippen molar-refractivity contribution in [2.75, 3.05) is 5.73 Å². The van der Waals surface area contributed by atoms with Gasteiger partial charge in [0.05, 0.1) is 0 Å². The second-order valence-electron chi connectivity index (χ2n) is 4.83. The molecule has 2 rings (SSSR count). The van der Waals surface area contributed by atoms with E-state index in [1.165, 1.54) is 42.5 Å². The highest BCUT2D eigenvalue weighted by Crippen LogP contribution is 2.29. The van der Waals surface area contributed by atoms with Gasteiger partial charge in [-0.1, -0.05) is 23.8 Å². The predicted molar refractivity (Wildman–Crippen MR) is 95.6 cm³/mol. The monoisotopic (exact) mass is 421 g/mol. The first-order chi connectivity index (χ1) is 11.9. The highest BCUT2D eigenvalue weighted by atomic mass is 35.5. The topological polar surface area (TPSA) is 153 Å². The summed E-state index contributed by atoms with van der Waals surface area (Å²) in [6.45, 7) is 0. The zero-order valence-electron chi connectivity index (χ0n) is 12.7. The Labute approximate surface area is 154 Å². The van der Waals surface area contributed by atoms with E-state index in [0.29, 0.717) is 0 Å². The van der Waals surface area contributed by atoms with Crippen LogP contribution < -0.4 is 14.1 Å². The fourth-order valence-electron chi connectivity index (χ4n) is 1.89. The summed E-state index contributed by atoms with van der Waals surface area (Å²) in [7, 11) is -9.56. The van der Waals surface area contributed by atoms with Gasteiger partial charge >= 0.3 is 20.8 Å². The lowest BCUT2D eigenvalue weighted by Gasteiger charge is -2.08. The van der Waals surface area contributed by atoms with E-state index >= 15 is 0 Å². The molecule has 0 aromatic heterocycles. The van der Waals surface area contributed by atoms with Crippen LogP contribution in [0, 0.1) is 0 Å². The standard InChI is InChI=1S/C14H12ClNO8S2/c15-11-5-3-9(13(7-11)23-25(17,18)19)1-2-10-4-6-12(16)8-14(10)24-26(20,21)22/h1-8H,16H2,(H,17,18,19)(H,20,21,22). The highest BCUT2D eigenvalue weighted by molar-refractivity contribution is 7.81. The van der Waals surface area contributed by atoms with Crippen LogP contribution in [0.1, 0.15) is 11.1 Å². The van der Waals surface area contributed by atoms with Crippen molar-refractivity contribution >= 4 is 50.2 Å². The molecular weight excluding hydrogens is 410 g/mol. The molecule has 2 aromatic rings. The van der Waals surface area contributed by atoms with Gasteiger partial charge < -0.3 is 14.1 Å². The fourth-order valence-corrected chi connectivity index (χ4v) is 2.79. The highest BCUT2D eigenvalue weighted by Gasteiger charge is 2.13. The molecule has 0 radical (unpaired) electrons. The number of nitrogens with two attached hydrogens (primary N) is 1. The molecular formula is C14H12ClNO8S2. The van der Waals surface area contributed by atoms with Crippen molar-refractivity contribution in [1.82, 2.24) is 0 Å². The molecule has 0 spiro atoms. The molecule has 12 heteroatoms. The van der Waals surface area contributed by atoms with Crippen molar-refractivity contribution in [3.63, 3.8) is 0 Å². The number of hydrogen-bond acceptors (Lipinski definition) is 7. The first-order valence-corrected chi connectivity index (χ1v) is 9.75. The Hall–Kier alpha value is -2.31. The Morgan fingerprint density at radius 3 is 1.81 bits per heavy atom. The summed E-state index contributed by atoms with van der Waals surface area (Å²) in [6.07, 6.45) is 2.69. The summed E-state index contributed by atoms with van der Waals surface area (Å²) in [4.78, 5) is 0. The van der Waals surface area contributed by atoms with Crippen LogP contribution in [0.2, 0.25) is 5.02 Å². The average molecular weight is 422 g/mol. The van der Waals surface area contributed by atoms with Gasteiger partial charge in [-0.15, -0.1) is 0 Å². The Bertz CT molecular complexity index is 979. The quantitative estimate of drug-likeness (QED) is 0.362. The maximum Gasteiger partial charge on any atom is 0.446 e. The van der Waals surface area contributed by atoms with E-state index in [1.54, 1.807) is 0 Å². The van der Waals surface area contributed by atoms with E-state index in [1.807, 2.05) is 0 Å². The van der Waals surface area contributed by atoms with E-state index < -0.39 is 20.8 Å². The number of halogens is 1. The van der Waals surface area contributed by atoms with Crippen LogP contribution in [-0.2, 0) is 20.8 Å². The molecule has 0 aliphatic rings. The molecule has 2 aromatic carbocycles. The summed E-state index contributed by atoms with van der Waals surface area (Å²) >= 11 is 5.77. The van der Waals surface area contributed by atoms with Crippen molar-refractivity contribution in [3.8, 4) is 11.5 Å². The predicted octanol–water partition coefficient (Wildman–Crippen LogP) is 2.46. The van der Waals surface area contributed by atoms with Gasteiger partial charge in [0.25, 0.3) is 0 Å². The third kappa shape index (κ3) is 6.20. The SMILES string of the molecule is Nc1ccc(C=Cc2ccc(Cl)cc2OS(=O)(=O)O)c(OS(=O)(=O)O)c1. The lowest BCUT2D eigenvalue weighted by molar-refractivity contribution is 0.384. The minimum Gasteiger partial charge on any atom is -0.399 e. The first kappa shape index (κ1) is 20.0. The van der Waals surface area contributed by atoms with Crippen molar-refractivity contribution in [2.45, 2.75) is 0 Å². The van der Waals surface area contributed by atoms with Crippen LogP contribution in [-0.4, -0.2) is 25.9 Å². The van der Waals surface area contributed by atoms with Gasteiger partial charge in [-0.3, -0.25) is 9.11 Å². The summed E-state index contributed by atoms with van der Waals surface area (Å²) < 4.78 is 70.2. The molecule has 0 aliphatic carbocycles. The third-order valence-corrected chi connectivity index (χ3v) is 3.86. The normalized spacial score (nSPS) is 12.3. The van der Waals surface area contributed by atoms with Gasteiger partial charge in [-0.25, -0.2) is 0 Å². The second kappa shape index (κ2) is 7.51. The summed E-state index contributed by atoms with van der Waals surface area (Å²) in [5.41, 5.74) is 6.13. The summed E-state index contributed by atoms with van der Waals surface area (Å²) in [5, 5.41) is 0.156. The molecule has 0 saturated heterocycles. The molecule has 0 bridgehead atoms. The zero-order valence-corrected chi connectivity index (χ0v) is 15.1. The Balaban J connectivity index is 2.45. The molecule has 0 aliphatic heterocycles. The zero-order chi connectivity index (χ0) is 19.5. The molecule has 0 heterocycles. The second-order valence-corrected chi connectivity index (χ2v) is 7.32. The van der Waals surface area contributed by atoms with Crippen LogP contribution >= 0.6 is 11.6 Å². The van der Waals surface area contributed by atoms with Gasteiger partial charge in [-0.2, -0.15) is 16.8 Å². The Morgan fingerprint density at radius 1 is 0.846 bits per heavy atom. The third-order valence-electron chi connectivity index (χ3n) is 2.85. The minimum absolute atomic E-state index is 0.156. The molecule has 0 saturated carbocycles. The number of nitrogen functional groups attached to an aromatic ring is 1. The van der Waals surface area contributed by atoms with Crippen LogP contribution in [0.5, 0.6) is 11.5 Å². The van der Waals surface area contributed by atoms with Crippen LogP contribution in [0.25, 0.3) is 12.2 Å². The van der Waals surface area contributed by atoms with E-state index in [9.17, 15) is 16.8 Å². The van der Waals surface area contributed by atoms with Crippen molar-refractivity contribution < 1.29 is 34.3 Å². The Morgan fingerprint density at radius 2 is 1.31 bits per heavy atom. The minimum atomic E-state index is -4.78. The number of rotatable bonds is 6. The lowest BCUT2D eigenvalue weighted by atomic mass is 10.1. The molecule has 140 valence electrons. The van der Waals surface area contributed by atoms with E-state index in [-0.39, 0.29) is 33.3 Å². The van der Waals surface area contributed by atoms with E-state index in [4.69, 9.17) is 26.4 Å². The maximum absolute atomic E-state index is 10.9. The molecule has 0 amide bonds. The molecule has 0 atom stereocenters. The van der Waals surface area contributed by atoms with Crippen molar-refractivity contribution in [1.29, 1.82) is 0 Å². The molecule has 26 heavy (non-hydrogen) atoms. The molecule has 9 nitrogen and oxygen atoms in total. The van der Waals surface area contributed by atoms with Gasteiger partial charge in [0.1, 0.15) is 0 Å². The Kier molecular flexibility index (Phi) is 5.78. The average Bonchev–Trinajstić information content (AvgIpc) is 2.44. The number of hydrogen-bond donors (Lipinski definition) is 3. The first-order valence-electron chi connectivity index (χ1n) is 6.64. The summed E-state index contributed by atoms with van der Waals surface area (Å²) in [5.74, 6) is -0.515. The smallest absolute Gasteiger partial charge is 0.399 e. The van der Waals surface area contributed by atoms with Crippen LogP contribution in [0.4, 0.5) is 5.69 Å². The van der Waals surface area contributed by atoms with Gasteiger partial charge in [0.15, 0.2) is 11.5 Å². The lowest BCUT2D eigenvalue weighted by Crippen LogP contribution is -2.08. The maximum atomic E-state index is 10.9. The summed E-state index contributed by atoms with van der Waals surface area (Å²) in [6, 6.07) is 8.04. The number of benzene rings is 2. The number of anilines is 1. The van der Waals surface area contributed by atoms with Gasteiger partial charge in [-0.05, 0) is 24.3 Å². The van der Waals surface area contributed by atoms with Crippen LogP contribution in [0.3, 0.4) is 0 Å². The van der Waals surface area contributed by atoms with Crippen molar-refractivity contribution in [3.05, 3.63) is 52.5 Å². The fraction of sp³-hybridized carbons (Fsp3) is 0.